The monoisotopic (exact) mass is 437 g/mol. The first-order valence-electron chi connectivity index (χ1n) is 9.31. The summed E-state index contributed by atoms with van der Waals surface area (Å²) in [5.41, 5.74) is 2.44. The lowest BCUT2D eigenvalue weighted by atomic mass is 10.1. The summed E-state index contributed by atoms with van der Waals surface area (Å²) in [5, 5.41) is 11.7. The van der Waals surface area contributed by atoms with Gasteiger partial charge in [0.15, 0.2) is 18.1 Å². The summed E-state index contributed by atoms with van der Waals surface area (Å²) in [5.74, 6) is 0.702. The van der Waals surface area contributed by atoms with Gasteiger partial charge in [0.05, 0.1) is 12.8 Å². The normalized spacial score (nSPS) is 10.6. The molecule has 0 spiro atoms. The Hall–Kier alpha value is -3.92. The SMILES string of the molecule is COc1ccccc1OCC(=O)Nc1nc2scc(-c3ccc(NC(C)=O)cc3)n2n1. The first-order chi connectivity index (χ1) is 15.0. The molecule has 4 rings (SSSR count). The van der Waals surface area contributed by atoms with E-state index in [0.717, 1.165) is 11.3 Å². The molecule has 4 aromatic rings. The quantitative estimate of drug-likeness (QED) is 0.459. The summed E-state index contributed by atoms with van der Waals surface area (Å²) in [7, 11) is 1.54. The van der Waals surface area contributed by atoms with Gasteiger partial charge in [-0.1, -0.05) is 24.3 Å². The number of thiazole rings is 1. The van der Waals surface area contributed by atoms with Crippen LogP contribution in [0.1, 0.15) is 6.92 Å². The van der Waals surface area contributed by atoms with Gasteiger partial charge in [-0.2, -0.15) is 4.98 Å². The standard InChI is InChI=1S/C21H19N5O4S/c1-13(27)22-15-9-7-14(8-10-15)16-12-31-21-24-20(25-26(16)21)23-19(28)11-30-18-6-4-3-5-17(18)29-2/h3-10,12H,11H2,1-2H3,(H,22,27)(H,23,25,28). The van der Waals surface area contributed by atoms with E-state index in [2.05, 4.69) is 20.7 Å². The second-order valence-corrected chi connectivity index (χ2v) is 7.33. The van der Waals surface area contributed by atoms with E-state index in [9.17, 15) is 9.59 Å². The third kappa shape index (κ3) is 4.64. The zero-order valence-corrected chi connectivity index (χ0v) is 17.6. The smallest absolute Gasteiger partial charge is 0.264 e. The zero-order valence-electron chi connectivity index (χ0n) is 16.8. The number of methoxy groups -OCH3 is 1. The van der Waals surface area contributed by atoms with E-state index in [1.165, 1.54) is 25.4 Å². The molecule has 0 fully saturated rings. The number of para-hydroxylation sites is 2. The molecule has 2 aromatic heterocycles. The van der Waals surface area contributed by atoms with Crippen molar-refractivity contribution in [3.05, 3.63) is 53.9 Å². The average Bonchev–Trinajstić information content (AvgIpc) is 3.33. The minimum Gasteiger partial charge on any atom is -0.493 e. The van der Waals surface area contributed by atoms with Gasteiger partial charge in [0.25, 0.3) is 11.9 Å². The van der Waals surface area contributed by atoms with Crippen LogP contribution in [0.25, 0.3) is 16.2 Å². The molecular formula is C21H19N5O4S. The lowest BCUT2D eigenvalue weighted by Crippen LogP contribution is -2.21. The van der Waals surface area contributed by atoms with E-state index < -0.39 is 0 Å². The van der Waals surface area contributed by atoms with Gasteiger partial charge in [0.2, 0.25) is 10.9 Å². The fourth-order valence-corrected chi connectivity index (χ4v) is 3.73. The predicted molar refractivity (Wildman–Crippen MR) is 118 cm³/mol. The molecule has 0 saturated carbocycles. The van der Waals surface area contributed by atoms with Crippen molar-refractivity contribution in [2.75, 3.05) is 24.4 Å². The number of carbonyl (C=O) groups is 2. The van der Waals surface area contributed by atoms with Gasteiger partial charge < -0.3 is 14.8 Å². The summed E-state index contributed by atoms with van der Waals surface area (Å²) in [6.07, 6.45) is 0. The zero-order chi connectivity index (χ0) is 21.8. The Morgan fingerprint density at radius 1 is 1.06 bits per heavy atom. The molecular weight excluding hydrogens is 418 g/mol. The van der Waals surface area contributed by atoms with Crippen LogP contribution < -0.4 is 20.1 Å². The van der Waals surface area contributed by atoms with Crippen LogP contribution in [0, 0.1) is 0 Å². The number of hydrogen-bond donors (Lipinski definition) is 2. The van der Waals surface area contributed by atoms with Gasteiger partial charge in [-0.05, 0) is 24.3 Å². The van der Waals surface area contributed by atoms with Crippen molar-refractivity contribution < 1.29 is 19.1 Å². The predicted octanol–water partition coefficient (Wildman–Crippen LogP) is 3.44. The number of rotatable bonds is 7. The van der Waals surface area contributed by atoms with Crippen molar-refractivity contribution in [3.8, 4) is 22.8 Å². The molecule has 0 atom stereocenters. The summed E-state index contributed by atoms with van der Waals surface area (Å²) >= 11 is 1.41. The summed E-state index contributed by atoms with van der Waals surface area (Å²) in [6.45, 7) is 1.26. The Morgan fingerprint density at radius 2 is 1.81 bits per heavy atom. The molecule has 2 N–H and O–H groups in total. The molecule has 31 heavy (non-hydrogen) atoms. The van der Waals surface area contributed by atoms with Crippen molar-refractivity contribution in [1.82, 2.24) is 14.6 Å². The number of aromatic nitrogens is 3. The number of ether oxygens (including phenoxy) is 2. The van der Waals surface area contributed by atoms with Crippen LogP contribution in [0.15, 0.2) is 53.9 Å². The highest BCUT2D eigenvalue weighted by Crippen LogP contribution is 2.27. The van der Waals surface area contributed by atoms with Crippen LogP contribution in [0.5, 0.6) is 11.5 Å². The van der Waals surface area contributed by atoms with Crippen molar-refractivity contribution in [2.45, 2.75) is 6.92 Å². The Morgan fingerprint density at radius 3 is 2.52 bits per heavy atom. The molecule has 0 aliphatic rings. The molecule has 2 aromatic carbocycles. The number of nitrogens with zero attached hydrogens (tertiary/aromatic N) is 3. The second-order valence-electron chi connectivity index (χ2n) is 6.50. The van der Waals surface area contributed by atoms with Crippen LogP contribution in [-0.2, 0) is 9.59 Å². The van der Waals surface area contributed by atoms with Gasteiger partial charge >= 0.3 is 0 Å². The fraction of sp³-hybridized carbons (Fsp3) is 0.143. The largest absolute Gasteiger partial charge is 0.493 e. The van der Waals surface area contributed by atoms with E-state index in [1.54, 1.807) is 22.7 Å². The molecule has 0 bridgehead atoms. The van der Waals surface area contributed by atoms with Crippen LogP contribution in [-0.4, -0.2) is 40.1 Å². The highest BCUT2D eigenvalue weighted by Gasteiger charge is 2.14. The van der Waals surface area contributed by atoms with E-state index >= 15 is 0 Å². The first-order valence-corrected chi connectivity index (χ1v) is 10.2. The molecule has 158 valence electrons. The van der Waals surface area contributed by atoms with Crippen LogP contribution in [0.4, 0.5) is 11.6 Å². The van der Waals surface area contributed by atoms with E-state index in [0.29, 0.717) is 22.1 Å². The molecule has 10 heteroatoms. The van der Waals surface area contributed by atoms with Crippen molar-refractivity contribution in [2.24, 2.45) is 0 Å². The lowest BCUT2D eigenvalue weighted by Gasteiger charge is -2.09. The average molecular weight is 437 g/mol. The van der Waals surface area contributed by atoms with E-state index in [1.807, 2.05) is 35.7 Å². The van der Waals surface area contributed by atoms with Gasteiger partial charge in [-0.25, -0.2) is 4.52 Å². The second kappa shape index (κ2) is 8.84. The number of carbonyl (C=O) groups excluding carboxylic acids is 2. The number of amides is 2. The first kappa shape index (κ1) is 20.4. The summed E-state index contributed by atoms with van der Waals surface area (Å²) in [4.78, 5) is 28.4. The van der Waals surface area contributed by atoms with E-state index in [4.69, 9.17) is 9.47 Å². The minimum absolute atomic E-state index is 0.128. The van der Waals surface area contributed by atoms with Crippen molar-refractivity contribution in [1.29, 1.82) is 0 Å². The Balaban J connectivity index is 1.44. The van der Waals surface area contributed by atoms with Crippen molar-refractivity contribution >= 4 is 39.7 Å². The third-order valence-electron chi connectivity index (χ3n) is 4.26. The van der Waals surface area contributed by atoms with Gasteiger partial charge in [0.1, 0.15) is 0 Å². The topological polar surface area (TPSA) is 107 Å². The molecule has 2 heterocycles. The van der Waals surface area contributed by atoms with Crippen molar-refractivity contribution in [3.63, 3.8) is 0 Å². The lowest BCUT2D eigenvalue weighted by molar-refractivity contribution is -0.118. The maximum atomic E-state index is 12.3. The molecule has 0 aliphatic carbocycles. The number of nitrogens with one attached hydrogen (secondary N) is 2. The Bertz CT molecular complexity index is 1230. The number of fused-ring (bicyclic) bond motifs is 1. The number of anilines is 2. The van der Waals surface area contributed by atoms with Gasteiger partial charge in [-0.15, -0.1) is 16.4 Å². The molecule has 2 amide bonds. The van der Waals surface area contributed by atoms with Gasteiger partial charge in [0, 0.05) is 23.6 Å². The Kier molecular flexibility index (Phi) is 5.80. The highest BCUT2D eigenvalue weighted by atomic mass is 32.1. The van der Waals surface area contributed by atoms with Crippen LogP contribution in [0.2, 0.25) is 0 Å². The summed E-state index contributed by atoms with van der Waals surface area (Å²) in [6, 6.07) is 14.5. The fourth-order valence-electron chi connectivity index (χ4n) is 2.90. The van der Waals surface area contributed by atoms with Gasteiger partial charge in [-0.3, -0.25) is 14.9 Å². The maximum absolute atomic E-state index is 12.3. The number of hydrogen-bond acceptors (Lipinski definition) is 7. The third-order valence-corrected chi connectivity index (χ3v) is 5.08. The van der Waals surface area contributed by atoms with Crippen LogP contribution >= 0.6 is 11.3 Å². The van der Waals surface area contributed by atoms with E-state index in [-0.39, 0.29) is 24.4 Å². The molecule has 9 nitrogen and oxygen atoms in total. The summed E-state index contributed by atoms with van der Waals surface area (Å²) < 4.78 is 12.4. The van der Waals surface area contributed by atoms with Crippen LogP contribution in [0.3, 0.4) is 0 Å². The molecule has 0 unspecified atom stereocenters. The molecule has 0 radical (unpaired) electrons. The molecule has 0 aliphatic heterocycles. The Labute approximate surface area is 181 Å². The maximum Gasteiger partial charge on any atom is 0.264 e. The molecule has 0 saturated heterocycles. The highest BCUT2D eigenvalue weighted by molar-refractivity contribution is 7.15. The minimum atomic E-state index is -0.384. The number of benzene rings is 2.